The molecule has 0 saturated carbocycles. The van der Waals surface area contributed by atoms with E-state index in [0.717, 1.165) is 24.0 Å². The summed E-state index contributed by atoms with van der Waals surface area (Å²) in [5.74, 6) is -0.228. The Morgan fingerprint density at radius 1 is 1.15 bits per heavy atom. The van der Waals surface area contributed by atoms with Gasteiger partial charge in [-0.1, -0.05) is 17.2 Å². The Kier molecular flexibility index (Phi) is 5.07. The first-order valence-electron chi connectivity index (χ1n) is 8.78. The van der Waals surface area contributed by atoms with Crippen molar-refractivity contribution in [2.75, 3.05) is 6.54 Å². The summed E-state index contributed by atoms with van der Waals surface area (Å²) in [4.78, 5) is 12.3. The molecule has 1 N–H and O–H groups in total. The molecule has 0 radical (unpaired) electrons. The zero-order valence-electron chi connectivity index (χ0n) is 14.9. The van der Waals surface area contributed by atoms with Crippen LogP contribution in [0, 0.1) is 13.8 Å². The smallest absolute Gasteiger partial charge is 0.350 e. The SMILES string of the molecule is Cc1cc(C)cc(C(=O)NCCn2nc(C(F)(F)F)c3c2CCCC3)c1. The summed E-state index contributed by atoms with van der Waals surface area (Å²) < 4.78 is 41.0. The van der Waals surface area contributed by atoms with Crippen molar-refractivity contribution in [1.82, 2.24) is 15.1 Å². The Hall–Kier alpha value is -2.31. The van der Waals surface area contributed by atoms with E-state index in [9.17, 15) is 18.0 Å². The average Bonchev–Trinajstić information content (AvgIpc) is 2.93. The first kappa shape index (κ1) is 18.5. The zero-order chi connectivity index (χ0) is 18.9. The Morgan fingerprint density at radius 2 is 1.81 bits per heavy atom. The van der Waals surface area contributed by atoms with Crippen LogP contribution in [0.5, 0.6) is 0 Å². The number of carbonyl (C=O) groups is 1. The highest BCUT2D eigenvalue weighted by molar-refractivity contribution is 5.94. The molecule has 2 aromatic rings. The second-order valence-electron chi connectivity index (χ2n) is 6.83. The summed E-state index contributed by atoms with van der Waals surface area (Å²) in [5.41, 5.74) is 2.75. The van der Waals surface area contributed by atoms with E-state index in [1.807, 2.05) is 19.9 Å². The minimum absolute atomic E-state index is 0.228. The van der Waals surface area contributed by atoms with Crippen LogP contribution in [0.2, 0.25) is 0 Å². The van der Waals surface area contributed by atoms with Crippen LogP contribution in [0.3, 0.4) is 0 Å². The third-order valence-electron chi connectivity index (χ3n) is 4.62. The molecule has 4 nitrogen and oxygen atoms in total. The number of fused-ring (bicyclic) bond motifs is 1. The van der Waals surface area contributed by atoms with Crippen LogP contribution in [-0.4, -0.2) is 22.2 Å². The molecule has 3 rings (SSSR count). The van der Waals surface area contributed by atoms with Crippen molar-refractivity contribution in [2.24, 2.45) is 0 Å². The molecule has 0 unspecified atom stereocenters. The third kappa shape index (κ3) is 3.92. The zero-order valence-corrected chi connectivity index (χ0v) is 14.9. The molecular formula is C19H22F3N3O. The monoisotopic (exact) mass is 365 g/mol. The van der Waals surface area contributed by atoms with E-state index in [1.54, 1.807) is 12.1 Å². The van der Waals surface area contributed by atoms with E-state index in [-0.39, 0.29) is 19.0 Å². The average molecular weight is 365 g/mol. The van der Waals surface area contributed by atoms with E-state index < -0.39 is 11.9 Å². The standard InChI is InChI=1S/C19H22F3N3O/c1-12-9-13(2)11-14(10-12)18(26)23-7-8-25-16-6-4-3-5-15(16)17(24-25)19(20,21)22/h9-11H,3-8H2,1-2H3,(H,23,26). The summed E-state index contributed by atoms with van der Waals surface area (Å²) in [6.07, 6.45) is -1.80. The van der Waals surface area contributed by atoms with Crippen LogP contribution in [0.1, 0.15) is 51.3 Å². The summed E-state index contributed by atoms with van der Waals surface area (Å²) in [6, 6.07) is 5.56. The Morgan fingerprint density at radius 3 is 2.46 bits per heavy atom. The van der Waals surface area contributed by atoms with Crippen molar-refractivity contribution in [3.63, 3.8) is 0 Å². The highest BCUT2D eigenvalue weighted by Crippen LogP contribution is 2.35. The van der Waals surface area contributed by atoms with Crippen molar-refractivity contribution in [1.29, 1.82) is 0 Å². The van der Waals surface area contributed by atoms with Gasteiger partial charge in [-0.3, -0.25) is 9.48 Å². The van der Waals surface area contributed by atoms with Gasteiger partial charge in [-0.15, -0.1) is 0 Å². The second kappa shape index (κ2) is 7.13. The van der Waals surface area contributed by atoms with Gasteiger partial charge in [-0.25, -0.2) is 0 Å². The number of alkyl halides is 3. The number of hydrogen-bond donors (Lipinski definition) is 1. The molecule has 26 heavy (non-hydrogen) atoms. The number of halogens is 3. The van der Waals surface area contributed by atoms with Crippen LogP contribution < -0.4 is 5.32 Å². The fourth-order valence-electron chi connectivity index (χ4n) is 3.57. The van der Waals surface area contributed by atoms with Gasteiger partial charge in [0.15, 0.2) is 5.69 Å². The number of benzene rings is 1. The topological polar surface area (TPSA) is 46.9 Å². The lowest BCUT2D eigenvalue weighted by Crippen LogP contribution is -2.28. The van der Waals surface area contributed by atoms with Gasteiger partial charge < -0.3 is 5.32 Å². The van der Waals surface area contributed by atoms with Gasteiger partial charge in [0.2, 0.25) is 0 Å². The Balaban J connectivity index is 1.70. The molecule has 0 fully saturated rings. The maximum atomic E-state index is 13.2. The predicted octanol–water partition coefficient (Wildman–Crippen LogP) is 3.83. The maximum absolute atomic E-state index is 13.2. The number of rotatable bonds is 4. The first-order valence-corrected chi connectivity index (χ1v) is 8.78. The fourth-order valence-corrected chi connectivity index (χ4v) is 3.57. The number of amides is 1. The van der Waals surface area contributed by atoms with E-state index in [0.29, 0.717) is 29.7 Å². The summed E-state index contributed by atoms with van der Waals surface area (Å²) in [5, 5.41) is 6.58. The summed E-state index contributed by atoms with van der Waals surface area (Å²) in [6.45, 7) is 4.29. The van der Waals surface area contributed by atoms with Gasteiger partial charge in [0.25, 0.3) is 5.91 Å². The Labute approximate surface area is 150 Å². The van der Waals surface area contributed by atoms with Gasteiger partial charge in [0, 0.05) is 23.4 Å². The van der Waals surface area contributed by atoms with Gasteiger partial charge in [-0.05, 0) is 51.7 Å². The van der Waals surface area contributed by atoms with Crippen molar-refractivity contribution >= 4 is 5.91 Å². The molecule has 1 aliphatic rings. The first-order chi connectivity index (χ1) is 12.3. The second-order valence-corrected chi connectivity index (χ2v) is 6.83. The molecule has 1 aromatic carbocycles. The number of hydrogen-bond acceptors (Lipinski definition) is 2. The highest BCUT2D eigenvalue weighted by atomic mass is 19.4. The largest absolute Gasteiger partial charge is 0.435 e. The molecule has 0 spiro atoms. The molecule has 1 aliphatic carbocycles. The Bertz CT molecular complexity index is 804. The van der Waals surface area contributed by atoms with Crippen LogP contribution in [0.15, 0.2) is 18.2 Å². The van der Waals surface area contributed by atoms with E-state index in [4.69, 9.17) is 0 Å². The van der Waals surface area contributed by atoms with Crippen molar-refractivity contribution in [3.05, 3.63) is 51.8 Å². The normalized spacial score (nSPS) is 14.2. The molecule has 0 saturated heterocycles. The third-order valence-corrected chi connectivity index (χ3v) is 4.62. The number of aryl methyl sites for hydroxylation is 2. The van der Waals surface area contributed by atoms with Crippen molar-refractivity contribution in [3.8, 4) is 0 Å². The highest BCUT2D eigenvalue weighted by Gasteiger charge is 2.39. The number of carbonyl (C=O) groups excluding carboxylic acids is 1. The quantitative estimate of drug-likeness (QED) is 0.895. The number of nitrogens with one attached hydrogen (secondary N) is 1. The lowest BCUT2D eigenvalue weighted by molar-refractivity contribution is -0.142. The lowest BCUT2D eigenvalue weighted by Gasteiger charge is -2.15. The molecule has 0 bridgehead atoms. The fraction of sp³-hybridized carbons (Fsp3) is 0.474. The molecule has 0 atom stereocenters. The number of nitrogens with zero attached hydrogens (tertiary/aromatic N) is 2. The van der Waals surface area contributed by atoms with Gasteiger partial charge in [0.1, 0.15) is 0 Å². The van der Waals surface area contributed by atoms with Crippen LogP contribution in [0.25, 0.3) is 0 Å². The molecule has 1 aromatic heterocycles. The molecule has 140 valence electrons. The maximum Gasteiger partial charge on any atom is 0.435 e. The molecule has 0 aliphatic heterocycles. The van der Waals surface area contributed by atoms with E-state index >= 15 is 0 Å². The van der Waals surface area contributed by atoms with Crippen LogP contribution in [0.4, 0.5) is 13.2 Å². The van der Waals surface area contributed by atoms with Gasteiger partial charge in [-0.2, -0.15) is 18.3 Å². The van der Waals surface area contributed by atoms with Crippen molar-refractivity contribution in [2.45, 2.75) is 52.3 Å². The minimum atomic E-state index is -4.44. The van der Waals surface area contributed by atoms with Crippen LogP contribution in [-0.2, 0) is 25.6 Å². The molecule has 1 amide bonds. The summed E-state index contributed by atoms with van der Waals surface area (Å²) in [7, 11) is 0. The predicted molar refractivity (Wildman–Crippen MR) is 92.1 cm³/mol. The van der Waals surface area contributed by atoms with Crippen molar-refractivity contribution < 1.29 is 18.0 Å². The molecular weight excluding hydrogens is 343 g/mol. The van der Waals surface area contributed by atoms with Gasteiger partial charge in [0.05, 0.1) is 6.54 Å². The summed E-state index contributed by atoms with van der Waals surface area (Å²) >= 11 is 0. The molecule has 7 heteroatoms. The number of aromatic nitrogens is 2. The lowest BCUT2D eigenvalue weighted by atomic mass is 9.95. The van der Waals surface area contributed by atoms with Gasteiger partial charge >= 0.3 is 6.18 Å². The van der Waals surface area contributed by atoms with E-state index in [1.165, 1.54) is 4.68 Å². The van der Waals surface area contributed by atoms with E-state index in [2.05, 4.69) is 10.4 Å². The molecule has 1 heterocycles. The van der Waals surface area contributed by atoms with Crippen LogP contribution >= 0.6 is 0 Å². The minimum Gasteiger partial charge on any atom is -0.350 e.